The molecule has 0 aliphatic carbocycles. The van der Waals surface area contributed by atoms with Crippen LogP contribution in [0, 0.1) is 0 Å². The van der Waals surface area contributed by atoms with E-state index in [0.29, 0.717) is 37.0 Å². The van der Waals surface area contributed by atoms with Crippen molar-refractivity contribution in [1.82, 2.24) is 4.90 Å². The molecule has 1 heterocycles. The molecule has 0 unspecified atom stereocenters. The summed E-state index contributed by atoms with van der Waals surface area (Å²) in [5.74, 6) is 0. The number of amides is 1. The van der Waals surface area contributed by atoms with Gasteiger partial charge in [0.15, 0.2) is 0 Å². The molecule has 1 aromatic rings. The van der Waals surface area contributed by atoms with Crippen molar-refractivity contribution in [3.8, 4) is 0 Å². The Morgan fingerprint density at radius 1 is 1.32 bits per heavy atom. The molecule has 0 atom stereocenters. The van der Waals surface area contributed by atoms with Crippen LogP contribution in [0.15, 0.2) is 24.3 Å². The smallest absolute Gasteiger partial charge is 0.411 e. The summed E-state index contributed by atoms with van der Waals surface area (Å²) in [6.45, 7) is 4.29. The lowest BCUT2D eigenvalue weighted by atomic mass is 10.3. The predicted octanol–water partition coefficient (Wildman–Crippen LogP) is 2.16. The van der Waals surface area contributed by atoms with E-state index in [-0.39, 0.29) is 0 Å². The minimum Gasteiger partial charge on any atom is -0.465 e. The maximum absolute atomic E-state index is 11.3. The molecular formula is C13H17ClN2O3. The molecule has 5 nitrogen and oxygen atoms in total. The van der Waals surface area contributed by atoms with Crippen LogP contribution >= 0.6 is 11.6 Å². The third-order valence-electron chi connectivity index (χ3n) is 3.11. The van der Waals surface area contributed by atoms with Crippen molar-refractivity contribution in [2.24, 2.45) is 0 Å². The number of carbonyl (C=O) groups is 1. The first-order valence-corrected chi connectivity index (χ1v) is 6.61. The van der Waals surface area contributed by atoms with Crippen LogP contribution in [0.2, 0.25) is 5.02 Å². The largest absolute Gasteiger partial charge is 0.465 e. The average molecular weight is 285 g/mol. The van der Waals surface area contributed by atoms with Crippen molar-refractivity contribution in [1.29, 1.82) is 0 Å². The Balaban J connectivity index is 1.96. The number of rotatable bonds is 4. The molecule has 1 aromatic carbocycles. The Morgan fingerprint density at radius 3 is 2.53 bits per heavy atom. The van der Waals surface area contributed by atoms with Crippen LogP contribution in [0.5, 0.6) is 0 Å². The molecule has 1 amide bonds. The fourth-order valence-corrected chi connectivity index (χ4v) is 2.15. The SMILES string of the molecule is O=C(O)N(CCN1CCOCC1)c1ccc(Cl)cc1. The van der Waals surface area contributed by atoms with E-state index in [1.807, 2.05) is 0 Å². The fraction of sp³-hybridized carbons (Fsp3) is 0.462. The van der Waals surface area contributed by atoms with Gasteiger partial charge in [0.2, 0.25) is 0 Å². The van der Waals surface area contributed by atoms with E-state index in [9.17, 15) is 9.90 Å². The zero-order valence-corrected chi connectivity index (χ0v) is 11.3. The van der Waals surface area contributed by atoms with Crippen LogP contribution in [0.3, 0.4) is 0 Å². The van der Waals surface area contributed by atoms with E-state index in [4.69, 9.17) is 16.3 Å². The van der Waals surface area contributed by atoms with Gasteiger partial charge in [-0.25, -0.2) is 4.79 Å². The lowest BCUT2D eigenvalue weighted by molar-refractivity contribution is 0.0392. The van der Waals surface area contributed by atoms with Crippen LogP contribution in [0.1, 0.15) is 0 Å². The summed E-state index contributed by atoms with van der Waals surface area (Å²) in [5, 5.41) is 9.87. The van der Waals surface area contributed by atoms with Crippen LogP contribution < -0.4 is 4.90 Å². The van der Waals surface area contributed by atoms with Crippen LogP contribution in [0.25, 0.3) is 0 Å². The summed E-state index contributed by atoms with van der Waals surface area (Å²) in [7, 11) is 0. The van der Waals surface area contributed by atoms with Gasteiger partial charge < -0.3 is 9.84 Å². The average Bonchev–Trinajstić information content (AvgIpc) is 2.42. The molecular weight excluding hydrogens is 268 g/mol. The highest BCUT2D eigenvalue weighted by atomic mass is 35.5. The Hall–Kier alpha value is -1.30. The van der Waals surface area contributed by atoms with Gasteiger partial charge in [-0.05, 0) is 24.3 Å². The normalized spacial score (nSPS) is 16.3. The Labute approximate surface area is 117 Å². The van der Waals surface area contributed by atoms with Crippen LogP contribution in [-0.2, 0) is 4.74 Å². The van der Waals surface area contributed by atoms with E-state index in [1.54, 1.807) is 24.3 Å². The number of morpholine rings is 1. The predicted molar refractivity (Wildman–Crippen MR) is 74.1 cm³/mol. The van der Waals surface area contributed by atoms with E-state index >= 15 is 0 Å². The molecule has 2 rings (SSSR count). The zero-order valence-electron chi connectivity index (χ0n) is 10.6. The van der Waals surface area contributed by atoms with Gasteiger partial charge in [0.1, 0.15) is 0 Å². The lowest BCUT2D eigenvalue weighted by Gasteiger charge is -2.29. The highest BCUT2D eigenvalue weighted by Gasteiger charge is 2.17. The molecule has 1 N–H and O–H groups in total. The molecule has 6 heteroatoms. The second-order valence-electron chi connectivity index (χ2n) is 4.36. The number of benzene rings is 1. The topological polar surface area (TPSA) is 53.0 Å². The maximum Gasteiger partial charge on any atom is 0.411 e. The van der Waals surface area contributed by atoms with Gasteiger partial charge in [-0.1, -0.05) is 11.6 Å². The second kappa shape index (κ2) is 6.75. The van der Waals surface area contributed by atoms with Crippen molar-refractivity contribution in [3.05, 3.63) is 29.3 Å². The molecule has 1 aliphatic heterocycles. The lowest BCUT2D eigenvalue weighted by Crippen LogP contribution is -2.42. The van der Waals surface area contributed by atoms with E-state index in [2.05, 4.69) is 4.90 Å². The van der Waals surface area contributed by atoms with Gasteiger partial charge in [-0.3, -0.25) is 9.80 Å². The third kappa shape index (κ3) is 4.09. The molecule has 1 aliphatic rings. The van der Waals surface area contributed by atoms with Crippen molar-refractivity contribution >= 4 is 23.4 Å². The highest BCUT2D eigenvalue weighted by Crippen LogP contribution is 2.18. The number of hydrogen-bond donors (Lipinski definition) is 1. The van der Waals surface area contributed by atoms with Crippen molar-refractivity contribution < 1.29 is 14.6 Å². The highest BCUT2D eigenvalue weighted by molar-refractivity contribution is 6.30. The van der Waals surface area contributed by atoms with Crippen LogP contribution in [0.4, 0.5) is 10.5 Å². The molecule has 0 bridgehead atoms. The van der Waals surface area contributed by atoms with E-state index in [1.165, 1.54) is 4.90 Å². The summed E-state index contributed by atoms with van der Waals surface area (Å²) in [5.41, 5.74) is 0.644. The first-order chi connectivity index (χ1) is 9.16. The first-order valence-electron chi connectivity index (χ1n) is 6.23. The van der Waals surface area contributed by atoms with E-state index in [0.717, 1.165) is 13.1 Å². The zero-order chi connectivity index (χ0) is 13.7. The van der Waals surface area contributed by atoms with Crippen molar-refractivity contribution in [2.75, 3.05) is 44.3 Å². The Morgan fingerprint density at radius 2 is 1.95 bits per heavy atom. The Kier molecular flexibility index (Phi) is 5.01. The fourth-order valence-electron chi connectivity index (χ4n) is 2.02. The number of hydrogen-bond acceptors (Lipinski definition) is 3. The van der Waals surface area contributed by atoms with Crippen molar-refractivity contribution in [3.63, 3.8) is 0 Å². The molecule has 0 aromatic heterocycles. The molecule has 104 valence electrons. The number of anilines is 1. The molecule has 0 spiro atoms. The second-order valence-corrected chi connectivity index (χ2v) is 4.80. The molecule has 1 saturated heterocycles. The third-order valence-corrected chi connectivity index (χ3v) is 3.36. The minimum absolute atomic E-state index is 0.441. The van der Waals surface area contributed by atoms with Gasteiger partial charge in [0.05, 0.1) is 13.2 Å². The summed E-state index contributed by atoms with van der Waals surface area (Å²) >= 11 is 5.81. The number of nitrogens with zero attached hydrogens (tertiary/aromatic N) is 2. The summed E-state index contributed by atoms with van der Waals surface area (Å²) in [6.07, 6.45) is -0.949. The molecule has 1 fully saturated rings. The standard InChI is InChI=1S/C13H17ClN2O3/c14-11-1-3-12(4-2-11)16(13(17)18)6-5-15-7-9-19-10-8-15/h1-4H,5-10H2,(H,17,18). The van der Waals surface area contributed by atoms with Gasteiger partial charge in [-0.15, -0.1) is 0 Å². The van der Waals surface area contributed by atoms with Crippen molar-refractivity contribution in [2.45, 2.75) is 0 Å². The van der Waals surface area contributed by atoms with Gasteiger partial charge in [0, 0.05) is 36.9 Å². The molecule has 19 heavy (non-hydrogen) atoms. The molecule has 0 saturated carbocycles. The number of halogens is 1. The first kappa shape index (κ1) is 14.1. The quantitative estimate of drug-likeness (QED) is 0.920. The van der Waals surface area contributed by atoms with Gasteiger partial charge in [0.25, 0.3) is 0 Å². The molecule has 0 radical (unpaired) electrons. The van der Waals surface area contributed by atoms with Gasteiger partial charge >= 0.3 is 6.09 Å². The van der Waals surface area contributed by atoms with Crippen LogP contribution in [-0.4, -0.2) is 55.5 Å². The monoisotopic (exact) mass is 284 g/mol. The maximum atomic E-state index is 11.3. The summed E-state index contributed by atoms with van der Waals surface area (Å²) in [6, 6.07) is 6.83. The number of ether oxygens (including phenoxy) is 1. The van der Waals surface area contributed by atoms with Gasteiger partial charge in [-0.2, -0.15) is 0 Å². The van der Waals surface area contributed by atoms with E-state index < -0.39 is 6.09 Å². The Bertz CT molecular complexity index is 418. The summed E-state index contributed by atoms with van der Waals surface area (Å²) in [4.78, 5) is 14.9. The number of carboxylic acid groups (broad SMARTS) is 1. The minimum atomic E-state index is -0.949. The summed E-state index contributed by atoms with van der Waals surface area (Å²) < 4.78 is 5.27.